The molecule has 1 atom stereocenters. The highest BCUT2D eigenvalue weighted by atomic mass is 16.5. The van der Waals surface area contributed by atoms with Crippen molar-refractivity contribution in [3.05, 3.63) is 35.9 Å². The third-order valence-electron chi connectivity index (χ3n) is 4.62. The van der Waals surface area contributed by atoms with Crippen LogP contribution in [-0.4, -0.2) is 55.4 Å². The monoisotopic (exact) mass is 346 g/mol. The van der Waals surface area contributed by atoms with Crippen molar-refractivity contribution in [1.29, 1.82) is 0 Å². The molecule has 1 aromatic heterocycles. The van der Waals surface area contributed by atoms with Gasteiger partial charge in [0, 0.05) is 45.6 Å². The summed E-state index contributed by atoms with van der Waals surface area (Å²) in [4.78, 5) is 6.97. The van der Waals surface area contributed by atoms with Crippen LogP contribution in [0.4, 0.5) is 0 Å². The van der Waals surface area contributed by atoms with Gasteiger partial charge in [-0.1, -0.05) is 0 Å². The van der Waals surface area contributed by atoms with Crippen LogP contribution in [0.1, 0.15) is 17.4 Å². The number of nitrogens with zero attached hydrogens (tertiary/aromatic N) is 3. The lowest BCUT2D eigenvalue weighted by Crippen LogP contribution is -2.46. The van der Waals surface area contributed by atoms with E-state index in [2.05, 4.69) is 19.8 Å². The Morgan fingerprint density at radius 1 is 1.16 bits per heavy atom. The van der Waals surface area contributed by atoms with Crippen molar-refractivity contribution < 1.29 is 14.2 Å². The summed E-state index contributed by atoms with van der Waals surface area (Å²) in [6.45, 7) is 3.59. The van der Waals surface area contributed by atoms with Crippen LogP contribution < -0.4 is 19.5 Å². The number of aromatic nitrogens is 2. The van der Waals surface area contributed by atoms with Crippen molar-refractivity contribution in [3.63, 3.8) is 0 Å². The minimum absolute atomic E-state index is 0.229. The molecule has 0 spiro atoms. The first-order chi connectivity index (χ1) is 12.2. The van der Waals surface area contributed by atoms with E-state index in [1.165, 1.54) is 0 Å². The zero-order valence-electron chi connectivity index (χ0n) is 15.3. The minimum atomic E-state index is 0.229. The van der Waals surface area contributed by atoms with Crippen molar-refractivity contribution in [1.82, 2.24) is 19.8 Å². The third-order valence-corrected chi connectivity index (χ3v) is 4.62. The molecule has 0 radical (unpaired) electrons. The maximum Gasteiger partial charge on any atom is 0.203 e. The van der Waals surface area contributed by atoms with Gasteiger partial charge in [0.1, 0.15) is 5.82 Å². The van der Waals surface area contributed by atoms with Gasteiger partial charge >= 0.3 is 0 Å². The molecule has 3 rings (SSSR count). The zero-order valence-corrected chi connectivity index (χ0v) is 15.3. The number of piperazine rings is 1. The molecule has 25 heavy (non-hydrogen) atoms. The topological polar surface area (TPSA) is 60.8 Å². The van der Waals surface area contributed by atoms with Gasteiger partial charge in [-0.15, -0.1) is 0 Å². The molecular weight excluding hydrogens is 320 g/mol. The Morgan fingerprint density at radius 2 is 1.88 bits per heavy atom. The second-order valence-electron chi connectivity index (χ2n) is 6.12. The zero-order chi connectivity index (χ0) is 17.8. The molecule has 1 fully saturated rings. The van der Waals surface area contributed by atoms with E-state index in [0.717, 1.165) is 37.6 Å². The number of hydrogen-bond donors (Lipinski definition) is 1. The normalized spacial score (nSPS) is 18.2. The maximum atomic E-state index is 5.47. The van der Waals surface area contributed by atoms with Crippen LogP contribution in [0.3, 0.4) is 0 Å². The number of hydrogen-bond acceptors (Lipinski definition) is 6. The smallest absolute Gasteiger partial charge is 0.203 e. The predicted octanol–water partition coefficient (Wildman–Crippen LogP) is 1.59. The van der Waals surface area contributed by atoms with E-state index >= 15 is 0 Å². The number of methoxy groups -OCH3 is 3. The molecule has 0 amide bonds. The Morgan fingerprint density at radius 3 is 2.44 bits per heavy atom. The fourth-order valence-electron chi connectivity index (χ4n) is 3.35. The van der Waals surface area contributed by atoms with Crippen LogP contribution in [0.25, 0.3) is 0 Å². The molecule has 1 N–H and O–H groups in total. The van der Waals surface area contributed by atoms with Gasteiger partial charge in [0.2, 0.25) is 5.75 Å². The Bertz CT molecular complexity index is 691. The van der Waals surface area contributed by atoms with Gasteiger partial charge in [-0.05, 0) is 17.7 Å². The van der Waals surface area contributed by atoms with Gasteiger partial charge in [0.15, 0.2) is 11.5 Å². The molecule has 0 bridgehead atoms. The van der Waals surface area contributed by atoms with Crippen molar-refractivity contribution in [3.8, 4) is 17.2 Å². The molecule has 7 nitrogen and oxygen atoms in total. The largest absolute Gasteiger partial charge is 0.493 e. The lowest BCUT2D eigenvalue weighted by Gasteiger charge is -2.35. The van der Waals surface area contributed by atoms with Crippen LogP contribution in [0, 0.1) is 0 Å². The summed E-state index contributed by atoms with van der Waals surface area (Å²) in [6.07, 6.45) is 3.84. The molecule has 1 aliphatic heterocycles. The van der Waals surface area contributed by atoms with Gasteiger partial charge in [-0.2, -0.15) is 0 Å². The predicted molar refractivity (Wildman–Crippen MR) is 95.3 cm³/mol. The second-order valence-corrected chi connectivity index (χ2v) is 6.12. The molecule has 2 aromatic rings. The number of nitrogens with one attached hydrogen (secondary N) is 1. The van der Waals surface area contributed by atoms with Gasteiger partial charge in [-0.3, -0.25) is 4.90 Å². The molecule has 2 heterocycles. The van der Waals surface area contributed by atoms with E-state index < -0.39 is 0 Å². The van der Waals surface area contributed by atoms with Crippen LogP contribution in [0.5, 0.6) is 17.2 Å². The van der Waals surface area contributed by atoms with E-state index in [9.17, 15) is 0 Å². The number of aryl methyl sites for hydroxylation is 1. The van der Waals surface area contributed by atoms with Crippen molar-refractivity contribution >= 4 is 0 Å². The molecule has 1 unspecified atom stereocenters. The lowest BCUT2D eigenvalue weighted by molar-refractivity contribution is 0.144. The first-order valence-corrected chi connectivity index (χ1v) is 8.38. The summed E-state index contributed by atoms with van der Waals surface area (Å²) >= 11 is 0. The Balaban J connectivity index is 1.88. The summed E-state index contributed by atoms with van der Waals surface area (Å²) in [6, 6.07) is 4.26. The number of imidazole rings is 1. The standard InChI is InChI=1S/C18H26N4O3/c1-21-7-6-20-18(21)14-11-19-5-8-22(14)12-13-9-15(23-2)17(25-4)16(10-13)24-3/h6-7,9-10,14,19H,5,8,11-12H2,1-4H3. The minimum Gasteiger partial charge on any atom is -0.493 e. The Hall–Kier alpha value is -2.25. The summed E-state index contributed by atoms with van der Waals surface area (Å²) in [5.41, 5.74) is 1.12. The van der Waals surface area contributed by atoms with Crippen molar-refractivity contribution in [2.24, 2.45) is 7.05 Å². The van der Waals surface area contributed by atoms with E-state index in [-0.39, 0.29) is 6.04 Å². The highest BCUT2D eigenvalue weighted by molar-refractivity contribution is 5.53. The first kappa shape index (κ1) is 17.6. The van der Waals surface area contributed by atoms with Crippen molar-refractivity contribution in [2.45, 2.75) is 12.6 Å². The maximum absolute atomic E-state index is 5.47. The van der Waals surface area contributed by atoms with Crippen LogP contribution >= 0.6 is 0 Å². The number of rotatable bonds is 6. The molecule has 0 aliphatic carbocycles. The molecular formula is C18H26N4O3. The average Bonchev–Trinajstić information content (AvgIpc) is 3.07. The van der Waals surface area contributed by atoms with Crippen LogP contribution in [0.15, 0.2) is 24.5 Å². The second kappa shape index (κ2) is 7.76. The van der Waals surface area contributed by atoms with Gasteiger partial charge in [0.05, 0.1) is 27.4 Å². The quantitative estimate of drug-likeness (QED) is 0.857. The molecule has 136 valence electrons. The van der Waals surface area contributed by atoms with Gasteiger partial charge in [0.25, 0.3) is 0 Å². The lowest BCUT2D eigenvalue weighted by atomic mass is 10.1. The van der Waals surface area contributed by atoms with E-state index in [1.807, 2.05) is 31.6 Å². The van der Waals surface area contributed by atoms with Crippen LogP contribution in [-0.2, 0) is 13.6 Å². The Kier molecular flexibility index (Phi) is 5.45. The summed E-state index contributed by atoms with van der Waals surface area (Å²) < 4.78 is 18.4. The van der Waals surface area contributed by atoms with Crippen molar-refractivity contribution in [2.75, 3.05) is 41.0 Å². The van der Waals surface area contributed by atoms with E-state index in [4.69, 9.17) is 14.2 Å². The third kappa shape index (κ3) is 3.57. The fourth-order valence-corrected chi connectivity index (χ4v) is 3.35. The average molecular weight is 346 g/mol. The SMILES string of the molecule is COc1cc(CN2CCNCC2c2nccn2C)cc(OC)c1OC. The molecule has 0 saturated carbocycles. The molecule has 1 saturated heterocycles. The fraction of sp³-hybridized carbons (Fsp3) is 0.500. The summed E-state index contributed by atoms with van der Waals surface area (Å²) in [5.74, 6) is 3.05. The van der Waals surface area contributed by atoms with E-state index in [1.54, 1.807) is 21.3 Å². The molecule has 1 aliphatic rings. The van der Waals surface area contributed by atoms with Crippen LogP contribution in [0.2, 0.25) is 0 Å². The summed E-state index contributed by atoms with van der Waals surface area (Å²) in [5, 5.41) is 3.47. The van der Waals surface area contributed by atoms with Gasteiger partial charge < -0.3 is 24.1 Å². The molecule has 1 aromatic carbocycles. The summed E-state index contributed by atoms with van der Waals surface area (Å²) in [7, 11) is 6.94. The first-order valence-electron chi connectivity index (χ1n) is 8.38. The number of ether oxygens (including phenoxy) is 3. The highest BCUT2D eigenvalue weighted by Crippen LogP contribution is 2.39. The Labute approximate surface area is 148 Å². The highest BCUT2D eigenvalue weighted by Gasteiger charge is 2.27. The molecule has 7 heteroatoms. The number of benzene rings is 1. The van der Waals surface area contributed by atoms with E-state index in [0.29, 0.717) is 17.2 Å². The van der Waals surface area contributed by atoms with Gasteiger partial charge in [-0.25, -0.2) is 4.98 Å².